The maximum absolute atomic E-state index is 15.0. The molecule has 3 unspecified atom stereocenters. The summed E-state index contributed by atoms with van der Waals surface area (Å²) in [7, 11) is 0. The molecule has 1 saturated carbocycles. The SMILES string of the molecule is CCCC1N(C(=O)c2ncccc2C(F)(F)F)CCCC1(Oc1csc(C(F)(F)F)c1)C(=O)N1CCC(O)(c2ccccc2OC(C)CCC2(C(=O)O)CCC2)CC1. The average Bonchev–Trinajstić information content (AvgIpc) is 3.64. The normalized spacial score (nSPS) is 22.5. The van der Waals surface area contributed by atoms with Crippen LogP contribution in [-0.2, 0) is 27.5 Å². The third-order valence-electron chi connectivity index (χ3n) is 11.9. The molecule has 1 aliphatic carbocycles. The number of ether oxygens (including phenoxy) is 2. The van der Waals surface area contributed by atoms with Gasteiger partial charge < -0.3 is 29.5 Å². The predicted octanol–water partition coefficient (Wildman–Crippen LogP) is 8.72. The van der Waals surface area contributed by atoms with Crippen molar-refractivity contribution >= 4 is 29.1 Å². The molecule has 0 spiro atoms. The summed E-state index contributed by atoms with van der Waals surface area (Å²) in [5, 5.41) is 23.0. The van der Waals surface area contributed by atoms with Gasteiger partial charge in [0.2, 0.25) is 5.60 Å². The first kappa shape index (κ1) is 43.2. The number of benzene rings is 1. The molecule has 0 bridgehead atoms. The van der Waals surface area contributed by atoms with Crippen molar-refractivity contribution in [3.05, 3.63) is 75.7 Å². The fourth-order valence-corrected chi connectivity index (χ4v) is 9.25. The Labute approximate surface area is 336 Å². The third kappa shape index (κ3) is 8.66. The van der Waals surface area contributed by atoms with Crippen LogP contribution in [0.2, 0.25) is 0 Å². The zero-order valence-electron chi connectivity index (χ0n) is 32.2. The number of carboxylic acids is 1. The Morgan fingerprint density at radius 2 is 1.67 bits per heavy atom. The first-order valence-corrected chi connectivity index (χ1v) is 20.4. The van der Waals surface area contributed by atoms with E-state index in [2.05, 4.69) is 4.98 Å². The summed E-state index contributed by atoms with van der Waals surface area (Å²) >= 11 is 0.365. The number of thiophene rings is 1. The van der Waals surface area contributed by atoms with E-state index >= 15 is 0 Å². The number of aromatic nitrogens is 1. The molecule has 2 aliphatic heterocycles. The number of rotatable bonds is 13. The smallest absolute Gasteiger partial charge is 0.425 e. The number of pyridine rings is 1. The highest BCUT2D eigenvalue weighted by Crippen LogP contribution is 2.47. The van der Waals surface area contributed by atoms with Crippen LogP contribution in [0.5, 0.6) is 11.5 Å². The molecule has 2 N–H and O–H groups in total. The number of hydrogen-bond acceptors (Lipinski definition) is 8. The molecule has 2 saturated heterocycles. The highest BCUT2D eigenvalue weighted by Gasteiger charge is 2.57. The number of hydrogen-bond donors (Lipinski definition) is 2. The van der Waals surface area contributed by atoms with E-state index in [0.29, 0.717) is 54.8 Å². The minimum atomic E-state index is -4.92. The summed E-state index contributed by atoms with van der Waals surface area (Å²) in [5.74, 6) is -2.42. The summed E-state index contributed by atoms with van der Waals surface area (Å²) in [6, 6.07) is 8.29. The number of aliphatic carboxylic acids is 1. The molecule has 2 amide bonds. The molecule has 1 aromatic carbocycles. The number of amides is 2. The van der Waals surface area contributed by atoms with Crippen molar-refractivity contribution in [2.75, 3.05) is 19.6 Å². The van der Waals surface area contributed by atoms with Gasteiger partial charge in [-0.25, -0.2) is 0 Å². The maximum atomic E-state index is 15.0. The van der Waals surface area contributed by atoms with E-state index in [9.17, 15) is 50.9 Å². The van der Waals surface area contributed by atoms with E-state index in [4.69, 9.17) is 9.47 Å². The highest BCUT2D eigenvalue weighted by molar-refractivity contribution is 7.10. The van der Waals surface area contributed by atoms with Crippen molar-refractivity contribution in [1.29, 1.82) is 0 Å². The number of carboxylic acid groups (broad SMARTS) is 1. The Bertz CT molecular complexity index is 1960. The maximum Gasteiger partial charge on any atom is 0.425 e. The lowest BCUT2D eigenvalue weighted by molar-refractivity contribution is -0.163. The van der Waals surface area contributed by atoms with Crippen LogP contribution in [0.15, 0.2) is 54.0 Å². The minimum Gasteiger partial charge on any atom is -0.490 e. The van der Waals surface area contributed by atoms with Gasteiger partial charge in [-0.1, -0.05) is 38.0 Å². The molecular weight excluding hydrogens is 793 g/mol. The van der Waals surface area contributed by atoms with Gasteiger partial charge in [0.05, 0.1) is 28.7 Å². The zero-order valence-corrected chi connectivity index (χ0v) is 33.0. The van der Waals surface area contributed by atoms with Gasteiger partial charge in [-0.2, -0.15) is 26.3 Å². The van der Waals surface area contributed by atoms with Crippen LogP contribution < -0.4 is 9.47 Å². The number of alkyl halides is 6. The van der Waals surface area contributed by atoms with E-state index in [1.807, 2.05) is 6.92 Å². The second-order valence-electron chi connectivity index (χ2n) is 15.7. The monoisotopic (exact) mass is 839 g/mol. The fourth-order valence-electron chi connectivity index (χ4n) is 8.58. The van der Waals surface area contributed by atoms with Crippen LogP contribution in [0.25, 0.3) is 0 Å². The quantitative estimate of drug-likeness (QED) is 0.164. The Morgan fingerprint density at radius 3 is 2.28 bits per heavy atom. The summed E-state index contributed by atoms with van der Waals surface area (Å²) in [6.45, 7) is 3.46. The van der Waals surface area contributed by atoms with Crippen LogP contribution in [0.3, 0.4) is 0 Å². The number of halogens is 6. The van der Waals surface area contributed by atoms with Gasteiger partial charge in [-0.05, 0) is 76.5 Å². The number of carbonyl (C=O) groups is 3. The Hall–Kier alpha value is -4.38. The molecule has 316 valence electrons. The Balaban J connectivity index is 1.27. The lowest BCUT2D eigenvalue weighted by atomic mass is 9.66. The van der Waals surface area contributed by atoms with E-state index < -0.39 is 68.9 Å². The van der Waals surface area contributed by atoms with E-state index in [1.165, 1.54) is 4.90 Å². The highest BCUT2D eigenvalue weighted by atomic mass is 32.1. The first-order valence-electron chi connectivity index (χ1n) is 19.5. The lowest BCUT2D eigenvalue weighted by Crippen LogP contribution is -2.68. The van der Waals surface area contributed by atoms with Gasteiger partial charge in [0, 0.05) is 49.3 Å². The zero-order chi connectivity index (χ0) is 42.1. The van der Waals surface area contributed by atoms with Crippen LogP contribution in [0, 0.1) is 5.41 Å². The van der Waals surface area contributed by atoms with Crippen molar-refractivity contribution in [2.24, 2.45) is 5.41 Å². The van der Waals surface area contributed by atoms with Crippen LogP contribution in [-0.4, -0.2) is 80.2 Å². The van der Waals surface area contributed by atoms with E-state index in [1.54, 1.807) is 31.2 Å². The van der Waals surface area contributed by atoms with Gasteiger partial charge in [0.15, 0.2) is 0 Å². The molecule has 10 nitrogen and oxygen atoms in total. The summed E-state index contributed by atoms with van der Waals surface area (Å²) in [6.07, 6.45) is -5.45. The summed E-state index contributed by atoms with van der Waals surface area (Å²) < 4.78 is 96.1. The number of piperidine rings is 2. The van der Waals surface area contributed by atoms with Crippen molar-refractivity contribution in [3.8, 4) is 11.5 Å². The lowest BCUT2D eigenvalue weighted by Gasteiger charge is -2.51. The molecule has 4 heterocycles. The summed E-state index contributed by atoms with van der Waals surface area (Å²) in [4.78, 5) is 46.3. The van der Waals surface area contributed by atoms with Gasteiger partial charge in [-0.15, -0.1) is 11.3 Å². The largest absolute Gasteiger partial charge is 0.490 e. The fraction of sp³-hybridized carbons (Fsp3) is 0.561. The Morgan fingerprint density at radius 1 is 0.966 bits per heavy atom. The van der Waals surface area contributed by atoms with Gasteiger partial charge in [0.25, 0.3) is 11.8 Å². The molecule has 58 heavy (non-hydrogen) atoms. The van der Waals surface area contributed by atoms with E-state index in [0.717, 1.165) is 41.1 Å². The number of aliphatic hydroxyl groups is 1. The predicted molar refractivity (Wildman–Crippen MR) is 200 cm³/mol. The van der Waals surface area contributed by atoms with Crippen LogP contribution in [0.4, 0.5) is 26.3 Å². The van der Waals surface area contributed by atoms with E-state index in [-0.39, 0.29) is 63.6 Å². The van der Waals surface area contributed by atoms with Gasteiger partial charge in [0.1, 0.15) is 22.1 Å². The summed E-state index contributed by atoms with van der Waals surface area (Å²) in [5.41, 5.74) is -5.87. The number of carbonyl (C=O) groups excluding carboxylic acids is 2. The third-order valence-corrected chi connectivity index (χ3v) is 12.9. The van der Waals surface area contributed by atoms with Crippen molar-refractivity contribution in [1.82, 2.24) is 14.8 Å². The molecule has 6 rings (SSSR count). The molecule has 3 aliphatic rings. The molecular formula is C41H47F6N3O7S. The molecule has 3 fully saturated rings. The molecule has 2 aromatic heterocycles. The number of nitrogens with zero attached hydrogens (tertiary/aromatic N) is 3. The van der Waals surface area contributed by atoms with Crippen LogP contribution >= 0.6 is 11.3 Å². The standard InChI is InChI=1S/C41H47F6N3O7S/c1-3-9-31-39(57-27-24-32(58-25-27)41(45,46)47,16-8-21-50(31)34(51)33-29(40(42,43)44)11-6-20-48-33)35(52)49-22-18-38(55,19-23-49)28-10-4-5-12-30(28)56-26(2)13-17-37(36(53)54)14-7-15-37/h4-6,10-12,20,24-26,31,55H,3,7-9,13-19,21-23H2,1-2H3,(H,53,54). The number of para-hydroxylation sites is 1. The van der Waals surface area contributed by atoms with Crippen LogP contribution in [0.1, 0.15) is 111 Å². The molecule has 3 atom stereocenters. The average molecular weight is 840 g/mol. The second-order valence-corrected chi connectivity index (χ2v) is 16.6. The molecule has 3 aromatic rings. The number of likely N-dealkylation sites (tertiary alicyclic amines) is 2. The Kier molecular flexibility index (Phi) is 12.4. The first-order chi connectivity index (χ1) is 27.3. The second kappa shape index (κ2) is 16.7. The molecule has 0 radical (unpaired) electrons. The molecule has 17 heteroatoms. The van der Waals surface area contributed by atoms with Gasteiger partial charge in [-0.3, -0.25) is 19.4 Å². The minimum absolute atomic E-state index is 0.0202. The van der Waals surface area contributed by atoms with Crippen molar-refractivity contribution < 1.29 is 60.4 Å². The van der Waals surface area contributed by atoms with Crippen molar-refractivity contribution in [2.45, 2.75) is 120 Å². The topological polar surface area (TPSA) is 130 Å². The van der Waals surface area contributed by atoms with Gasteiger partial charge >= 0.3 is 18.3 Å². The van der Waals surface area contributed by atoms with Crippen molar-refractivity contribution in [3.63, 3.8) is 0 Å².